The minimum absolute atomic E-state index is 0. The van der Waals surface area contributed by atoms with E-state index in [4.69, 9.17) is 20.6 Å². The molecule has 0 N–H and O–H groups in total. The maximum absolute atomic E-state index is 10.1. The van der Waals surface area contributed by atoms with Gasteiger partial charge < -0.3 is 90.2 Å². The Balaban J connectivity index is -0.0000000998. The SMILES string of the molecule is CC#N.CN(C)CCN(C)CC[O-].CN(C)CCN(C)CC[O-].O=C([O-])c1ccccc1.O=C([O-])c1ccccc1.O=C([O-])c1ccccc1.O=C([O-])c1ccccc1.O=[N+]([O-])[O-].[Fe+5].[Fe+5].[O-2].[Y+3]. The summed E-state index contributed by atoms with van der Waals surface area (Å²) in [5, 5.41) is 82.7. The first-order valence-electron chi connectivity index (χ1n) is 18.7. The maximum Gasteiger partial charge on any atom is 5.00 e. The van der Waals surface area contributed by atoms with Gasteiger partial charge in [0.15, 0.2) is 0 Å². The second-order valence-electron chi connectivity index (χ2n) is 12.7. The average molecular weight is 1090 g/mol. The molecule has 4 rings (SSSR count). The van der Waals surface area contributed by atoms with Gasteiger partial charge in [-0.15, -0.1) is 13.2 Å². The van der Waals surface area contributed by atoms with Crippen molar-refractivity contribution in [2.45, 2.75) is 6.92 Å². The summed E-state index contributed by atoms with van der Waals surface area (Å²) in [7, 11) is 12.1. The largest absolute Gasteiger partial charge is 5.00 e. The molecule has 362 valence electrons. The third kappa shape index (κ3) is 61.3. The minimum Gasteiger partial charge on any atom is -2.00 e. The van der Waals surface area contributed by atoms with Crippen LogP contribution in [0.1, 0.15) is 48.4 Å². The van der Waals surface area contributed by atoms with E-state index in [0.717, 1.165) is 26.2 Å². The molecule has 0 spiro atoms. The van der Waals surface area contributed by atoms with Gasteiger partial charge in [-0.1, -0.05) is 121 Å². The normalized spacial score (nSPS) is 8.66. The molecule has 0 fully saturated rings. The first kappa shape index (κ1) is 79.4. The zero-order valence-corrected chi connectivity index (χ0v) is 43.4. The first-order chi connectivity index (χ1) is 29.7. The van der Waals surface area contributed by atoms with Crippen LogP contribution < -0.4 is 30.6 Å². The topological polar surface area (TPSA) is 338 Å². The number of likely N-dealkylation sites (N-methyl/N-ethyl adjacent to an activating group) is 4. The number of nitrogens with zero attached hydrogens (tertiary/aromatic N) is 6. The Labute approximate surface area is 439 Å². The molecule has 0 aromatic heterocycles. The van der Waals surface area contributed by atoms with Gasteiger partial charge in [0.05, 0.1) is 35.0 Å². The number of carboxylic acid groups (broad SMARTS) is 4. The number of carbonyl (C=O) groups excluding carboxylic acids is 4. The Bertz CT molecular complexity index is 1570. The van der Waals surface area contributed by atoms with Crippen molar-refractivity contribution in [3.8, 4) is 6.07 Å². The smallest absolute Gasteiger partial charge is 2.00 e. The van der Waals surface area contributed by atoms with E-state index in [0.29, 0.717) is 13.1 Å². The maximum atomic E-state index is 10.1. The van der Waals surface area contributed by atoms with Gasteiger partial charge in [-0.3, -0.25) is 0 Å². The summed E-state index contributed by atoms with van der Waals surface area (Å²) in [5.41, 5.74) is 0.880. The molecule has 0 saturated carbocycles. The fourth-order valence-corrected chi connectivity index (χ4v) is 3.57. The molecule has 4 aromatic rings. The van der Waals surface area contributed by atoms with Crippen molar-refractivity contribution in [1.29, 1.82) is 5.26 Å². The quantitative estimate of drug-likeness (QED) is 0.0752. The van der Waals surface area contributed by atoms with Crippen LogP contribution in [0.3, 0.4) is 0 Å². The number of carbonyl (C=O) groups is 4. The zero-order chi connectivity index (χ0) is 49.0. The van der Waals surface area contributed by atoms with Gasteiger partial charge in [0.2, 0.25) is 0 Å². The number of hydrogen-bond donors (Lipinski definition) is 0. The summed E-state index contributed by atoms with van der Waals surface area (Å²) in [5.74, 6) is -4.52. The van der Waals surface area contributed by atoms with Crippen LogP contribution in [-0.2, 0) is 72.3 Å². The molecule has 20 nitrogen and oxygen atoms in total. The van der Waals surface area contributed by atoms with Crippen molar-refractivity contribution in [3.63, 3.8) is 0 Å². The van der Waals surface area contributed by atoms with Crippen LogP contribution in [0, 0.1) is 26.7 Å². The Kier molecular flexibility index (Phi) is 65.9. The summed E-state index contributed by atoms with van der Waals surface area (Å²) in [4.78, 5) is 56.9. The predicted molar refractivity (Wildman–Crippen MR) is 227 cm³/mol. The summed E-state index contributed by atoms with van der Waals surface area (Å²) >= 11 is 0. The van der Waals surface area contributed by atoms with Crippen molar-refractivity contribution < 1.29 is 127 Å². The predicted octanol–water partition coefficient (Wildman–Crippen LogP) is -1.95. The molecular formula is C44H57Fe2N6O14Y+4. The number of rotatable bonds is 14. The van der Waals surface area contributed by atoms with Crippen LogP contribution in [0.4, 0.5) is 0 Å². The van der Waals surface area contributed by atoms with Crippen LogP contribution in [0.2, 0.25) is 0 Å². The van der Waals surface area contributed by atoms with Crippen molar-refractivity contribution in [2.24, 2.45) is 0 Å². The van der Waals surface area contributed by atoms with E-state index >= 15 is 0 Å². The van der Waals surface area contributed by atoms with Crippen molar-refractivity contribution in [3.05, 3.63) is 159 Å². The van der Waals surface area contributed by atoms with Gasteiger partial charge in [0, 0.05) is 33.1 Å². The van der Waals surface area contributed by atoms with Crippen molar-refractivity contribution in [2.75, 3.05) is 94.8 Å². The van der Waals surface area contributed by atoms with Crippen molar-refractivity contribution in [1.82, 2.24) is 19.6 Å². The number of benzene rings is 4. The van der Waals surface area contributed by atoms with Crippen LogP contribution >= 0.6 is 0 Å². The Morgan fingerprint density at radius 1 is 0.478 bits per heavy atom. The van der Waals surface area contributed by atoms with E-state index in [1.807, 2.05) is 52.1 Å². The molecule has 67 heavy (non-hydrogen) atoms. The van der Waals surface area contributed by atoms with E-state index in [9.17, 15) is 49.8 Å². The van der Waals surface area contributed by atoms with Crippen molar-refractivity contribution >= 4 is 23.9 Å². The molecule has 2 radical (unpaired) electrons. The van der Waals surface area contributed by atoms with E-state index in [2.05, 4.69) is 9.80 Å². The number of hydrogen-bond acceptors (Lipinski definition) is 18. The standard InChI is InChI=1S/2C7H17N2O.4C7H6O2.C2H3N.2Fe.NO3.O.Y/c2*1-8(2)4-5-9(3)6-7-10;4*8-7(9)6-4-2-1-3-5-6;1-2-3;;;2-1(3)4;;/h2*4-7H2,1-3H3;4*1-5H,(H,8,9);1H3;;;;;/q2*-1;;;;;;2*+5;-1;-2;+3/p-4. The Morgan fingerprint density at radius 3 is 0.746 bits per heavy atom. The first-order valence-corrected chi connectivity index (χ1v) is 18.7. The van der Waals surface area contributed by atoms with E-state index in [1.54, 1.807) is 78.9 Å². The van der Waals surface area contributed by atoms with Gasteiger partial charge in [0.1, 0.15) is 0 Å². The third-order valence-corrected chi connectivity index (χ3v) is 6.84. The summed E-state index contributed by atoms with van der Waals surface area (Å²) in [6, 6.07) is 34.0. The second-order valence-corrected chi connectivity index (χ2v) is 12.7. The zero-order valence-electron chi connectivity index (χ0n) is 38.4. The molecule has 0 aliphatic heterocycles. The van der Waals surface area contributed by atoms with Crippen LogP contribution in [-0.4, -0.2) is 143 Å². The van der Waals surface area contributed by atoms with Crippen LogP contribution in [0.5, 0.6) is 0 Å². The van der Waals surface area contributed by atoms with Gasteiger partial charge >= 0.3 is 66.8 Å². The molecule has 0 amide bonds. The molecule has 4 aromatic carbocycles. The van der Waals surface area contributed by atoms with Gasteiger partial charge in [-0.25, -0.2) is 0 Å². The molecule has 0 bridgehead atoms. The molecular weight excluding hydrogens is 1040 g/mol. The van der Waals surface area contributed by atoms with Gasteiger partial charge in [-0.2, -0.15) is 5.26 Å². The van der Waals surface area contributed by atoms with Crippen LogP contribution in [0.15, 0.2) is 121 Å². The molecule has 23 heteroatoms. The molecule has 0 aliphatic carbocycles. The molecule has 0 heterocycles. The summed E-state index contributed by atoms with van der Waals surface area (Å²) in [6.45, 7) is 6.77. The van der Waals surface area contributed by atoms with E-state index in [1.165, 1.54) is 55.5 Å². The van der Waals surface area contributed by atoms with E-state index in [-0.39, 0.29) is 108 Å². The van der Waals surface area contributed by atoms with Gasteiger partial charge in [-0.05, 0) is 77.6 Å². The molecule has 0 unspecified atom stereocenters. The number of nitriles is 1. The Morgan fingerprint density at radius 2 is 0.642 bits per heavy atom. The molecule has 0 aliphatic rings. The minimum atomic E-state index is -1.75. The fraction of sp³-hybridized carbons (Fsp3) is 0.341. The summed E-state index contributed by atoms with van der Waals surface area (Å²) < 4.78 is 0. The monoisotopic (exact) mass is 1090 g/mol. The van der Waals surface area contributed by atoms with E-state index < -0.39 is 29.0 Å². The fourth-order valence-electron chi connectivity index (χ4n) is 3.57. The molecule has 0 saturated heterocycles. The van der Waals surface area contributed by atoms with Crippen LogP contribution in [0.25, 0.3) is 0 Å². The molecule has 0 atom stereocenters. The number of carboxylic acids is 4. The number of aromatic carboxylic acids is 4. The van der Waals surface area contributed by atoms with Gasteiger partial charge in [0.25, 0.3) is 0 Å². The third-order valence-electron chi connectivity index (χ3n) is 6.84. The second kappa shape index (κ2) is 55.6. The average Bonchev–Trinajstić information content (AvgIpc) is 3.25. The summed E-state index contributed by atoms with van der Waals surface area (Å²) in [6.07, 6.45) is 0. The Hall–Kier alpha value is -4.69.